The zero-order chi connectivity index (χ0) is 76.8. The van der Waals surface area contributed by atoms with E-state index >= 15 is 0 Å². The Kier molecular flexibility index (Phi) is 30.8. The van der Waals surface area contributed by atoms with Crippen molar-refractivity contribution in [3.05, 3.63) is 79.6 Å². The van der Waals surface area contributed by atoms with E-state index in [-0.39, 0.29) is 77.2 Å². The van der Waals surface area contributed by atoms with Crippen LogP contribution in [0.2, 0.25) is 0 Å². The van der Waals surface area contributed by atoms with Crippen molar-refractivity contribution in [1.29, 1.82) is 0 Å². The Morgan fingerprint density at radius 3 is 2.22 bits per heavy atom. The lowest BCUT2D eigenvalue weighted by molar-refractivity contribution is -0.337. The Balaban J connectivity index is 1.02. The predicted octanol–water partition coefficient (Wildman–Crippen LogP) is 3.96. The van der Waals surface area contributed by atoms with Crippen LogP contribution in [0.25, 0.3) is 0 Å². The summed E-state index contributed by atoms with van der Waals surface area (Å²) in [6, 6.07) is 4.67. The monoisotopic (exact) mass is 1640 g/mol. The summed E-state index contributed by atoms with van der Waals surface area (Å²) in [4.78, 5) is 86.9. The van der Waals surface area contributed by atoms with Gasteiger partial charge >= 0.3 is 12.1 Å². The van der Waals surface area contributed by atoms with Crippen LogP contribution in [0.5, 0.6) is 23.0 Å². The first kappa shape index (κ1) is 84.5. The summed E-state index contributed by atoms with van der Waals surface area (Å²) >= 11 is 2.77. The van der Waals surface area contributed by atoms with Gasteiger partial charge in [0.1, 0.15) is 42.4 Å². The number of hydrogen-bond acceptors (Lipinski definition) is 30. The van der Waals surface area contributed by atoms with E-state index in [2.05, 4.69) is 45.0 Å². The van der Waals surface area contributed by atoms with E-state index in [4.69, 9.17) is 71.5 Å². The summed E-state index contributed by atoms with van der Waals surface area (Å²) in [5.74, 6) is 9.41. The van der Waals surface area contributed by atoms with Crippen LogP contribution in [0.1, 0.15) is 95.6 Å². The molecular formula is C70H90IN5O26S3. The number of carbonyl (C=O) groups is 6. The standard InChI is InChI=1S/C70H90IN5O26S3/c1-14-76(38(6)77)42-32-95-49(28-46(42)89-9)100-62-57(84)54(75-102-50-27-43(78)64(37(5)96-50)104-65(86)51-34(2)53(71)60(63(92-12)59(51)90-10)101-66-58(85)61(91-11)56(83)36(4)98-66)35(3)97-67(62)99-45-19-17-15-16-18-25-70(88)29-44(79)55(73-68(87)93-13)52(45)41(70)24-26-103-105-69(7,8)30-47(80)74-72-31-39-20-22-40(23-21-39)94-33-48(81)82/h15-16,20-24,31,35-37,42-43,45-46,49-50,54,56-58,61-62,64,66-67,75,78,83-85,88H,14,26-30,32-33H2,1-13H3,(H,73,87)(H,74,80)(H,81,82)/b16-15-,41-24+,72-31+/t35-,36+,37-,42+,43+,45-,46+,49+,50+,54-,56+,57+,58-,61-,62-,64-,66+,67+,70+/m1/s1. The van der Waals surface area contributed by atoms with Crippen LogP contribution >= 0.6 is 55.9 Å². The lowest BCUT2D eigenvalue weighted by Gasteiger charge is -2.47. The predicted molar refractivity (Wildman–Crippen MR) is 390 cm³/mol. The summed E-state index contributed by atoms with van der Waals surface area (Å²) < 4.78 is 77.5. The van der Waals surface area contributed by atoms with Gasteiger partial charge in [-0.25, -0.2) is 15.0 Å². The average molecular weight is 1640 g/mol. The fraction of sp³-hybridized carbons (Fsp3) is 0.586. The van der Waals surface area contributed by atoms with E-state index < -0.39 is 162 Å². The molecule has 0 spiro atoms. The van der Waals surface area contributed by atoms with Crippen molar-refractivity contribution in [1.82, 2.24) is 21.1 Å². The number of hydrogen-bond donors (Lipinski definition) is 9. The van der Waals surface area contributed by atoms with Crippen LogP contribution < -0.4 is 35.2 Å². The van der Waals surface area contributed by atoms with Crippen LogP contribution in [-0.2, 0) is 66.6 Å². The summed E-state index contributed by atoms with van der Waals surface area (Å²) in [5.41, 5.74) is 3.76. The Morgan fingerprint density at radius 2 is 1.57 bits per heavy atom. The van der Waals surface area contributed by atoms with Crippen LogP contribution in [0.4, 0.5) is 4.79 Å². The van der Waals surface area contributed by atoms with E-state index in [9.17, 15) is 54.3 Å². The zero-order valence-corrected chi connectivity index (χ0v) is 64.6. The number of thioether (sulfide) groups is 1. The summed E-state index contributed by atoms with van der Waals surface area (Å²) in [6.45, 7) is 13.2. The maximum atomic E-state index is 14.6. The number of aliphatic carboxylic acids is 1. The highest BCUT2D eigenvalue weighted by atomic mass is 127. The van der Waals surface area contributed by atoms with Crippen LogP contribution in [-0.4, -0.2) is 258 Å². The van der Waals surface area contributed by atoms with Crippen molar-refractivity contribution < 1.29 is 126 Å². The number of ketones is 1. The molecule has 8 rings (SSSR count). The Bertz CT molecular complexity index is 3700. The first-order valence-electron chi connectivity index (χ1n) is 33.4. The SMILES string of the molecule is CCN(C(C)=O)[C@H]1CO[C@@H](O[C@H]2[C@H](O[C@@H]3C#C/C=C\C#C[C@]4(O)CC(=O)C(NC(=O)OC)=C3/C4=C\CSSC(C)(C)CC(=O)N/N=C/c3ccc(OCC(=O)O)cc3)O[C@H](C)[C@@H](NO[C@H]3C[C@H](O)[C@H](SC(=O)c4c(C)c(I)c(O[C@@H]5O[C@@H](C)[C@H](O)[C@@H](OC)[C@H]5O)c(OC)c4OC)[C@@H](C)O3)[C@@H]2O)C[C@@H]1OC. The number of methoxy groups -OCH3 is 5. The Hall–Kier alpha value is -6.15. The highest BCUT2D eigenvalue weighted by molar-refractivity contribution is 14.1. The fourth-order valence-electron chi connectivity index (χ4n) is 12.6. The second-order valence-electron chi connectivity index (χ2n) is 25.6. The average Bonchev–Trinajstić information content (AvgIpc) is 0.753. The minimum Gasteiger partial charge on any atom is -0.492 e. The molecule has 2 aromatic rings. The van der Waals surface area contributed by atoms with E-state index in [0.29, 0.717) is 27.0 Å². The van der Waals surface area contributed by atoms with Crippen molar-refractivity contribution in [3.63, 3.8) is 0 Å². The number of nitrogens with zero attached hydrogens (tertiary/aromatic N) is 2. The number of rotatable bonds is 29. The molecule has 4 fully saturated rings. The Morgan fingerprint density at radius 1 is 0.867 bits per heavy atom. The number of alkyl carbamates (subject to hydrolysis) is 1. The molecule has 0 unspecified atom stereocenters. The number of aliphatic hydroxyl groups is 5. The number of allylic oxidation sites excluding steroid dienone is 3. The van der Waals surface area contributed by atoms with Gasteiger partial charge in [-0.1, -0.05) is 63.1 Å². The molecule has 0 aromatic heterocycles. The number of benzene rings is 2. The van der Waals surface area contributed by atoms with Gasteiger partial charge in [-0.15, -0.1) is 0 Å². The van der Waals surface area contributed by atoms with E-state index in [1.807, 2.05) is 43.4 Å². The third-order valence-electron chi connectivity index (χ3n) is 17.8. The molecule has 0 radical (unpaired) electrons. The number of ether oxygens (including phenoxy) is 13. The van der Waals surface area contributed by atoms with Gasteiger partial charge in [0.15, 0.2) is 48.4 Å². The summed E-state index contributed by atoms with van der Waals surface area (Å²) in [5, 5.41) is 73.1. The van der Waals surface area contributed by atoms with Gasteiger partial charge in [-0.3, -0.25) is 29.3 Å². The number of halogens is 1. The quantitative estimate of drug-likeness (QED) is 0.0139. The zero-order valence-electron chi connectivity index (χ0n) is 60.0. The highest BCUT2D eigenvalue weighted by Gasteiger charge is 2.53. The second kappa shape index (κ2) is 38.3. The van der Waals surface area contributed by atoms with Gasteiger partial charge in [0.05, 0.1) is 103 Å². The van der Waals surface area contributed by atoms with Gasteiger partial charge in [-0.2, -0.15) is 10.6 Å². The van der Waals surface area contributed by atoms with E-state index in [1.165, 1.54) is 75.3 Å². The topological polar surface area (TPSA) is 405 Å². The molecule has 2 aliphatic carbocycles. The third-order valence-corrected chi connectivity index (χ3v) is 23.6. The normalized spacial score (nSPS) is 31.1. The molecule has 576 valence electrons. The number of Topliss-reactive ketones (excluding diaryl/α,β-unsaturated/α-hetero) is 1. The molecule has 19 atom stereocenters. The van der Waals surface area contributed by atoms with Crippen molar-refractivity contribution in [3.8, 4) is 46.7 Å². The number of carbonyl (C=O) groups excluding carboxylic acids is 5. The number of fused-ring (bicyclic) bond motifs is 2. The van der Waals surface area contributed by atoms with Gasteiger partial charge in [0.2, 0.25) is 29.0 Å². The summed E-state index contributed by atoms with van der Waals surface area (Å²) in [7, 11) is 9.22. The van der Waals surface area contributed by atoms with Crippen LogP contribution in [0.3, 0.4) is 0 Å². The van der Waals surface area contributed by atoms with Crippen LogP contribution in [0.15, 0.2) is 64.4 Å². The van der Waals surface area contributed by atoms with Gasteiger partial charge in [-0.05, 0) is 119 Å². The number of aliphatic hydroxyl groups excluding tert-OH is 4. The number of likely N-dealkylation sites (N-methyl/N-ethyl adjacent to an activating group) is 1. The molecule has 35 heteroatoms. The number of nitrogens with one attached hydrogen (secondary N) is 3. The van der Waals surface area contributed by atoms with Gasteiger partial charge < -0.3 is 97.1 Å². The van der Waals surface area contributed by atoms with Crippen molar-refractivity contribution in [2.24, 2.45) is 5.10 Å². The fourth-order valence-corrected chi connectivity index (χ4v) is 16.7. The minimum atomic E-state index is -2.23. The molecule has 105 heavy (non-hydrogen) atoms. The smallest absolute Gasteiger partial charge is 0.411 e. The number of hydroxylamine groups is 1. The van der Waals surface area contributed by atoms with Crippen molar-refractivity contribution >= 4 is 96.9 Å². The van der Waals surface area contributed by atoms with Crippen molar-refractivity contribution in [2.75, 3.05) is 61.1 Å². The molecule has 4 aliphatic heterocycles. The van der Waals surface area contributed by atoms with Gasteiger partial charge in [0, 0.05) is 68.6 Å². The highest BCUT2D eigenvalue weighted by Crippen LogP contribution is 2.49. The second-order valence-corrected chi connectivity index (χ2v) is 30.9. The Labute approximate surface area is 633 Å². The van der Waals surface area contributed by atoms with E-state index in [0.717, 1.165) is 18.9 Å². The van der Waals surface area contributed by atoms with Crippen molar-refractivity contribution in [2.45, 2.75) is 201 Å². The number of amides is 3. The molecule has 4 saturated heterocycles. The number of carboxylic acid groups (broad SMARTS) is 1. The summed E-state index contributed by atoms with van der Waals surface area (Å²) in [6.07, 6.45) is -14.6. The molecule has 6 aliphatic rings. The molecule has 4 heterocycles. The molecule has 2 aromatic carbocycles. The molecular weight excluding hydrogens is 1550 g/mol. The molecule has 3 amide bonds. The van der Waals surface area contributed by atoms with Crippen LogP contribution in [0, 0.1) is 34.2 Å². The number of carboxylic acids is 1. The van der Waals surface area contributed by atoms with E-state index in [1.54, 1.807) is 62.9 Å². The maximum Gasteiger partial charge on any atom is 0.411 e. The first-order chi connectivity index (χ1) is 49.9. The lowest BCUT2D eigenvalue weighted by atomic mass is 9.75. The molecule has 9 N–H and O–H groups in total. The van der Waals surface area contributed by atoms with Gasteiger partial charge in [0.25, 0.3) is 0 Å². The number of hydrazone groups is 1. The first-order valence-corrected chi connectivity index (χ1v) is 37.7. The third kappa shape index (κ3) is 21.0. The lowest BCUT2D eigenvalue weighted by Crippen LogP contribution is -2.65. The molecule has 2 bridgehead atoms. The molecule has 31 nitrogen and oxygen atoms in total. The maximum absolute atomic E-state index is 14.6. The minimum absolute atomic E-state index is 0.00449. The molecule has 0 saturated carbocycles. The largest absolute Gasteiger partial charge is 0.492 e.